The number of aliphatic hydroxyl groups excluding tert-OH is 1. The lowest BCUT2D eigenvalue weighted by molar-refractivity contribution is 0.222. The highest BCUT2D eigenvalue weighted by atomic mass is 16.3. The predicted molar refractivity (Wildman–Crippen MR) is 66.6 cm³/mol. The van der Waals surface area contributed by atoms with Crippen molar-refractivity contribution >= 4 is 10.9 Å². The van der Waals surface area contributed by atoms with Gasteiger partial charge in [-0.3, -0.25) is 4.98 Å². The molecule has 3 aromatic rings. The quantitative estimate of drug-likeness (QED) is 0.703. The van der Waals surface area contributed by atoms with E-state index in [0.29, 0.717) is 0 Å². The van der Waals surface area contributed by atoms with Gasteiger partial charge in [0.1, 0.15) is 6.10 Å². The molecule has 1 aromatic carbocycles. The van der Waals surface area contributed by atoms with Crippen LogP contribution in [0.1, 0.15) is 17.2 Å². The molecule has 1 atom stereocenters. The van der Waals surface area contributed by atoms with Crippen LogP contribution in [-0.2, 0) is 0 Å². The molecule has 2 aromatic heterocycles. The molecule has 0 spiro atoms. The Morgan fingerprint density at radius 3 is 2.65 bits per heavy atom. The number of hydrogen-bond donors (Lipinski definition) is 2. The molecule has 2 N–H and O–H groups in total. The Kier molecular flexibility index (Phi) is 2.38. The highest BCUT2D eigenvalue weighted by molar-refractivity contribution is 5.83. The van der Waals surface area contributed by atoms with E-state index in [2.05, 4.69) is 9.97 Å². The van der Waals surface area contributed by atoms with Gasteiger partial charge in [0, 0.05) is 35.1 Å². The minimum absolute atomic E-state index is 0.617. The van der Waals surface area contributed by atoms with Gasteiger partial charge in [-0.2, -0.15) is 0 Å². The lowest BCUT2D eigenvalue weighted by atomic mass is 10.0. The normalized spacial score (nSPS) is 12.8. The lowest BCUT2D eigenvalue weighted by Gasteiger charge is -2.09. The van der Waals surface area contributed by atoms with Crippen LogP contribution in [0.3, 0.4) is 0 Å². The molecular weight excluding hydrogens is 212 g/mol. The smallest absolute Gasteiger partial charge is 0.106 e. The Balaban J connectivity index is 2.10. The molecule has 0 aliphatic heterocycles. The Morgan fingerprint density at radius 2 is 1.82 bits per heavy atom. The van der Waals surface area contributed by atoms with Crippen LogP contribution in [0.15, 0.2) is 55.0 Å². The fourth-order valence-corrected chi connectivity index (χ4v) is 2.05. The zero-order valence-corrected chi connectivity index (χ0v) is 9.17. The van der Waals surface area contributed by atoms with E-state index >= 15 is 0 Å². The Labute approximate surface area is 98.8 Å². The summed E-state index contributed by atoms with van der Waals surface area (Å²) in [6.45, 7) is 0. The van der Waals surface area contributed by atoms with E-state index in [1.54, 1.807) is 12.4 Å². The van der Waals surface area contributed by atoms with Crippen LogP contribution in [0, 0.1) is 0 Å². The highest BCUT2D eigenvalue weighted by Crippen LogP contribution is 2.28. The Bertz CT molecular complexity index is 631. The first kappa shape index (κ1) is 10.1. The fraction of sp³-hybridized carbons (Fsp3) is 0.0714. The van der Waals surface area contributed by atoms with Crippen molar-refractivity contribution in [3.63, 3.8) is 0 Å². The van der Waals surface area contributed by atoms with E-state index < -0.39 is 6.10 Å². The van der Waals surface area contributed by atoms with Gasteiger partial charge in [0.15, 0.2) is 0 Å². The number of hydrogen-bond acceptors (Lipinski definition) is 2. The first-order valence-corrected chi connectivity index (χ1v) is 5.50. The minimum atomic E-state index is -0.617. The topological polar surface area (TPSA) is 48.9 Å². The number of aliphatic hydroxyl groups is 1. The van der Waals surface area contributed by atoms with Crippen LogP contribution < -0.4 is 0 Å². The van der Waals surface area contributed by atoms with Gasteiger partial charge in [0.05, 0.1) is 0 Å². The third-order valence-electron chi connectivity index (χ3n) is 2.94. The van der Waals surface area contributed by atoms with Crippen LogP contribution in [0.25, 0.3) is 10.9 Å². The van der Waals surface area contributed by atoms with Crippen molar-refractivity contribution in [1.82, 2.24) is 9.97 Å². The molecular formula is C14H12N2O. The summed E-state index contributed by atoms with van der Waals surface area (Å²) < 4.78 is 0. The maximum absolute atomic E-state index is 10.3. The number of fused-ring (bicyclic) bond motifs is 1. The summed E-state index contributed by atoms with van der Waals surface area (Å²) in [5.74, 6) is 0. The summed E-state index contributed by atoms with van der Waals surface area (Å²) in [6, 6.07) is 11.6. The Hall–Kier alpha value is -2.13. The molecule has 1 unspecified atom stereocenters. The zero-order valence-electron chi connectivity index (χ0n) is 9.17. The molecule has 0 fully saturated rings. The van der Waals surface area contributed by atoms with Gasteiger partial charge in [0.2, 0.25) is 0 Å². The standard InChI is InChI=1S/C14H12N2O/c17-14(10-5-7-15-8-6-10)12-9-16-13-4-2-1-3-11(12)13/h1-9,14,16-17H. The van der Waals surface area contributed by atoms with Crippen molar-refractivity contribution in [2.75, 3.05) is 0 Å². The fourth-order valence-electron chi connectivity index (χ4n) is 2.05. The van der Waals surface area contributed by atoms with E-state index in [1.807, 2.05) is 42.6 Å². The molecule has 3 nitrogen and oxygen atoms in total. The second kappa shape index (κ2) is 4.03. The predicted octanol–water partition coefficient (Wildman–Crippen LogP) is 2.64. The van der Waals surface area contributed by atoms with Crippen LogP contribution >= 0.6 is 0 Å². The van der Waals surface area contributed by atoms with E-state index in [1.165, 1.54) is 0 Å². The van der Waals surface area contributed by atoms with Crippen molar-refractivity contribution < 1.29 is 5.11 Å². The third kappa shape index (κ3) is 1.70. The SMILES string of the molecule is OC(c1ccncc1)c1c[nH]c2ccccc12. The molecule has 84 valence electrons. The molecule has 0 bridgehead atoms. The van der Waals surface area contributed by atoms with Crippen LogP contribution in [-0.4, -0.2) is 15.1 Å². The average molecular weight is 224 g/mol. The molecule has 0 aliphatic rings. The molecule has 2 heterocycles. The second-order valence-electron chi connectivity index (χ2n) is 3.97. The maximum Gasteiger partial charge on any atom is 0.106 e. The van der Waals surface area contributed by atoms with Gasteiger partial charge in [-0.15, -0.1) is 0 Å². The summed E-state index contributed by atoms with van der Waals surface area (Å²) in [5.41, 5.74) is 2.78. The minimum Gasteiger partial charge on any atom is -0.384 e. The molecule has 0 saturated heterocycles. The number of benzene rings is 1. The largest absolute Gasteiger partial charge is 0.384 e. The van der Waals surface area contributed by atoms with E-state index in [0.717, 1.165) is 22.0 Å². The highest BCUT2D eigenvalue weighted by Gasteiger charge is 2.14. The number of pyridine rings is 1. The van der Waals surface area contributed by atoms with Gasteiger partial charge < -0.3 is 10.1 Å². The molecule has 3 rings (SSSR count). The van der Waals surface area contributed by atoms with Gasteiger partial charge in [-0.05, 0) is 23.8 Å². The molecule has 0 aliphatic carbocycles. The number of aromatic nitrogens is 2. The number of H-pyrrole nitrogens is 1. The zero-order chi connectivity index (χ0) is 11.7. The number of rotatable bonds is 2. The average Bonchev–Trinajstić information content (AvgIpc) is 2.83. The summed E-state index contributed by atoms with van der Waals surface area (Å²) in [4.78, 5) is 7.12. The number of nitrogens with zero attached hydrogens (tertiary/aromatic N) is 1. The van der Waals surface area contributed by atoms with Crippen molar-refractivity contribution in [3.05, 3.63) is 66.1 Å². The van der Waals surface area contributed by atoms with E-state index in [9.17, 15) is 5.11 Å². The van der Waals surface area contributed by atoms with Crippen LogP contribution in [0.4, 0.5) is 0 Å². The van der Waals surface area contributed by atoms with Crippen molar-refractivity contribution in [1.29, 1.82) is 0 Å². The number of para-hydroxylation sites is 1. The third-order valence-corrected chi connectivity index (χ3v) is 2.94. The second-order valence-corrected chi connectivity index (χ2v) is 3.97. The first-order valence-electron chi connectivity index (χ1n) is 5.50. The number of aromatic amines is 1. The maximum atomic E-state index is 10.3. The molecule has 0 radical (unpaired) electrons. The van der Waals surface area contributed by atoms with Gasteiger partial charge >= 0.3 is 0 Å². The monoisotopic (exact) mass is 224 g/mol. The van der Waals surface area contributed by atoms with Crippen LogP contribution in [0.5, 0.6) is 0 Å². The van der Waals surface area contributed by atoms with Gasteiger partial charge in [0.25, 0.3) is 0 Å². The van der Waals surface area contributed by atoms with Crippen LogP contribution in [0.2, 0.25) is 0 Å². The number of nitrogens with one attached hydrogen (secondary N) is 1. The van der Waals surface area contributed by atoms with Crippen molar-refractivity contribution in [3.8, 4) is 0 Å². The van der Waals surface area contributed by atoms with Gasteiger partial charge in [-0.1, -0.05) is 18.2 Å². The summed E-state index contributed by atoms with van der Waals surface area (Å²) >= 11 is 0. The lowest BCUT2D eigenvalue weighted by Crippen LogP contribution is -1.98. The molecule has 17 heavy (non-hydrogen) atoms. The van der Waals surface area contributed by atoms with Crippen molar-refractivity contribution in [2.24, 2.45) is 0 Å². The summed E-state index contributed by atoms with van der Waals surface area (Å²) in [7, 11) is 0. The van der Waals surface area contributed by atoms with Gasteiger partial charge in [-0.25, -0.2) is 0 Å². The molecule has 3 heteroatoms. The molecule has 0 saturated carbocycles. The molecule has 0 amide bonds. The summed E-state index contributed by atoms with van der Waals surface area (Å²) in [5, 5.41) is 11.4. The van der Waals surface area contributed by atoms with Crippen molar-refractivity contribution in [2.45, 2.75) is 6.10 Å². The van der Waals surface area contributed by atoms with E-state index in [-0.39, 0.29) is 0 Å². The summed E-state index contributed by atoms with van der Waals surface area (Å²) in [6.07, 6.45) is 4.62. The Morgan fingerprint density at radius 1 is 1.06 bits per heavy atom. The first-order chi connectivity index (χ1) is 8.36. The van der Waals surface area contributed by atoms with E-state index in [4.69, 9.17) is 0 Å².